The second-order valence-electron chi connectivity index (χ2n) is 5.47. The Labute approximate surface area is 145 Å². The number of benzene rings is 2. The van der Waals surface area contributed by atoms with Gasteiger partial charge in [-0.1, -0.05) is 18.2 Å². The highest BCUT2D eigenvalue weighted by atomic mass is 16.5. The van der Waals surface area contributed by atoms with E-state index in [1.54, 1.807) is 38.4 Å². The van der Waals surface area contributed by atoms with Crippen LogP contribution in [0, 0.1) is 0 Å². The first-order chi connectivity index (χ1) is 12.1. The molecule has 0 saturated heterocycles. The number of para-hydroxylation sites is 1. The molecule has 1 aromatic heterocycles. The van der Waals surface area contributed by atoms with E-state index >= 15 is 0 Å². The third-order valence-electron chi connectivity index (χ3n) is 4.15. The standard InChI is InChI=1S/C19H20N2O4/c1-21(12-8-6-5-7-9-12)19(22)13-11-20-14-10-15(23-2)17(24-3)18(25-4)16(13)14/h5-11,20H,1-4H3. The number of rotatable bonds is 5. The number of methoxy groups -OCH3 is 3. The fourth-order valence-electron chi connectivity index (χ4n) is 2.88. The zero-order valence-corrected chi connectivity index (χ0v) is 14.6. The van der Waals surface area contributed by atoms with Crippen LogP contribution < -0.4 is 19.1 Å². The maximum absolute atomic E-state index is 13.0. The van der Waals surface area contributed by atoms with Gasteiger partial charge in [0.1, 0.15) is 0 Å². The Bertz CT molecular complexity index is 903. The first-order valence-corrected chi connectivity index (χ1v) is 7.75. The van der Waals surface area contributed by atoms with Gasteiger partial charge in [-0.15, -0.1) is 0 Å². The molecule has 3 rings (SSSR count). The van der Waals surface area contributed by atoms with E-state index < -0.39 is 0 Å². The van der Waals surface area contributed by atoms with Gasteiger partial charge in [-0.3, -0.25) is 4.79 Å². The molecule has 0 aliphatic heterocycles. The van der Waals surface area contributed by atoms with Crippen LogP contribution in [0.5, 0.6) is 17.2 Å². The van der Waals surface area contributed by atoms with Gasteiger partial charge < -0.3 is 24.1 Å². The van der Waals surface area contributed by atoms with E-state index in [0.29, 0.717) is 28.2 Å². The number of H-pyrrole nitrogens is 1. The Morgan fingerprint density at radius 1 is 1.00 bits per heavy atom. The average Bonchev–Trinajstić information content (AvgIpc) is 3.09. The number of fused-ring (bicyclic) bond motifs is 1. The monoisotopic (exact) mass is 340 g/mol. The van der Waals surface area contributed by atoms with Gasteiger partial charge in [-0.25, -0.2) is 0 Å². The van der Waals surface area contributed by atoms with Crippen molar-refractivity contribution in [2.75, 3.05) is 33.3 Å². The minimum atomic E-state index is -0.150. The van der Waals surface area contributed by atoms with Crippen LogP contribution in [0.25, 0.3) is 10.9 Å². The van der Waals surface area contributed by atoms with E-state index in [2.05, 4.69) is 4.98 Å². The normalized spacial score (nSPS) is 10.6. The molecule has 1 heterocycles. The number of carbonyl (C=O) groups is 1. The molecule has 2 aromatic carbocycles. The van der Waals surface area contributed by atoms with Crippen molar-refractivity contribution < 1.29 is 19.0 Å². The van der Waals surface area contributed by atoms with Crippen LogP contribution in [0.1, 0.15) is 10.4 Å². The van der Waals surface area contributed by atoms with E-state index in [-0.39, 0.29) is 5.91 Å². The fraction of sp³-hybridized carbons (Fsp3) is 0.211. The van der Waals surface area contributed by atoms with Crippen molar-refractivity contribution in [1.29, 1.82) is 0 Å². The van der Waals surface area contributed by atoms with Crippen LogP contribution in [0.3, 0.4) is 0 Å². The van der Waals surface area contributed by atoms with Crippen molar-refractivity contribution in [2.24, 2.45) is 0 Å². The van der Waals surface area contributed by atoms with Gasteiger partial charge >= 0.3 is 0 Å². The van der Waals surface area contributed by atoms with Crippen molar-refractivity contribution in [2.45, 2.75) is 0 Å². The van der Waals surface area contributed by atoms with Crippen LogP contribution in [0.2, 0.25) is 0 Å². The molecule has 3 aromatic rings. The Hall–Kier alpha value is -3.15. The number of carbonyl (C=O) groups excluding carboxylic acids is 1. The molecule has 0 aliphatic rings. The first-order valence-electron chi connectivity index (χ1n) is 7.75. The van der Waals surface area contributed by atoms with Gasteiger partial charge in [-0.2, -0.15) is 0 Å². The third kappa shape index (κ3) is 2.76. The molecule has 130 valence electrons. The van der Waals surface area contributed by atoms with E-state index in [0.717, 1.165) is 11.2 Å². The Kier molecular flexibility index (Phi) is 4.52. The van der Waals surface area contributed by atoms with Gasteiger partial charge in [-0.05, 0) is 12.1 Å². The van der Waals surface area contributed by atoms with Gasteiger partial charge in [0.05, 0.1) is 37.8 Å². The van der Waals surface area contributed by atoms with Crippen molar-refractivity contribution in [3.8, 4) is 17.2 Å². The summed E-state index contributed by atoms with van der Waals surface area (Å²) < 4.78 is 16.3. The number of aromatic amines is 1. The van der Waals surface area contributed by atoms with Crippen LogP contribution in [0.15, 0.2) is 42.6 Å². The summed E-state index contributed by atoms with van der Waals surface area (Å²) >= 11 is 0. The molecule has 0 radical (unpaired) electrons. The SMILES string of the molecule is COc1cc2[nH]cc(C(=O)N(C)c3ccccc3)c2c(OC)c1OC. The lowest BCUT2D eigenvalue weighted by Crippen LogP contribution is -2.25. The summed E-state index contributed by atoms with van der Waals surface area (Å²) in [6, 6.07) is 11.2. The molecule has 0 saturated carbocycles. The number of nitrogens with zero attached hydrogens (tertiary/aromatic N) is 1. The summed E-state index contributed by atoms with van der Waals surface area (Å²) in [5.74, 6) is 1.29. The summed E-state index contributed by atoms with van der Waals surface area (Å²) in [7, 11) is 6.38. The topological polar surface area (TPSA) is 63.8 Å². The van der Waals surface area contributed by atoms with E-state index in [1.807, 2.05) is 30.3 Å². The van der Waals surface area contributed by atoms with E-state index in [1.165, 1.54) is 7.11 Å². The maximum atomic E-state index is 13.0. The highest BCUT2D eigenvalue weighted by Crippen LogP contribution is 2.44. The highest BCUT2D eigenvalue weighted by molar-refractivity contribution is 6.16. The van der Waals surface area contributed by atoms with Gasteiger partial charge in [0, 0.05) is 25.0 Å². The Morgan fingerprint density at radius 2 is 1.68 bits per heavy atom. The number of hydrogen-bond acceptors (Lipinski definition) is 4. The average molecular weight is 340 g/mol. The molecule has 1 N–H and O–H groups in total. The summed E-state index contributed by atoms with van der Waals surface area (Å²) in [6.45, 7) is 0. The summed E-state index contributed by atoms with van der Waals surface area (Å²) in [6.07, 6.45) is 1.67. The molecule has 0 bridgehead atoms. The summed E-state index contributed by atoms with van der Waals surface area (Å²) in [5, 5.41) is 0.660. The number of nitrogens with one attached hydrogen (secondary N) is 1. The molecule has 1 amide bonds. The fourth-order valence-corrected chi connectivity index (χ4v) is 2.88. The smallest absolute Gasteiger partial charge is 0.260 e. The van der Waals surface area contributed by atoms with Crippen LogP contribution in [-0.4, -0.2) is 39.3 Å². The minimum absolute atomic E-state index is 0.150. The zero-order valence-electron chi connectivity index (χ0n) is 14.6. The molecule has 0 atom stereocenters. The Balaban J connectivity index is 2.16. The van der Waals surface area contributed by atoms with Crippen molar-refractivity contribution in [3.63, 3.8) is 0 Å². The van der Waals surface area contributed by atoms with Crippen molar-refractivity contribution in [3.05, 3.63) is 48.2 Å². The Morgan fingerprint density at radius 3 is 2.28 bits per heavy atom. The van der Waals surface area contributed by atoms with E-state index in [9.17, 15) is 4.79 Å². The van der Waals surface area contributed by atoms with Crippen molar-refractivity contribution >= 4 is 22.5 Å². The lowest BCUT2D eigenvalue weighted by Gasteiger charge is -2.18. The number of amides is 1. The van der Waals surface area contributed by atoms with Gasteiger partial charge in [0.25, 0.3) is 5.91 Å². The predicted molar refractivity (Wildman–Crippen MR) is 97.1 cm³/mol. The second kappa shape index (κ2) is 6.76. The van der Waals surface area contributed by atoms with E-state index in [4.69, 9.17) is 14.2 Å². The molecule has 0 unspecified atom stereocenters. The number of hydrogen-bond donors (Lipinski definition) is 1. The largest absolute Gasteiger partial charge is 0.493 e. The quantitative estimate of drug-likeness (QED) is 0.772. The van der Waals surface area contributed by atoms with Crippen LogP contribution in [0.4, 0.5) is 5.69 Å². The lowest BCUT2D eigenvalue weighted by atomic mass is 10.1. The zero-order chi connectivity index (χ0) is 18.0. The molecule has 0 aliphatic carbocycles. The second-order valence-corrected chi connectivity index (χ2v) is 5.47. The highest BCUT2D eigenvalue weighted by Gasteiger charge is 2.24. The molecule has 0 fully saturated rings. The molecule has 6 heteroatoms. The predicted octanol–water partition coefficient (Wildman–Crippen LogP) is 3.47. The molecule has 25 heavy (non-hydrogen) atoms. The number of anilines is 1. The lowest BCUT2D eigenvalue weighted by molar-refractivity contribution is 0.0994. The number of ether oxygens (including phenoxy) is 3. The van der Waals surface area contributed by atoms with Crippen molar-refractivity contribution in [1.82, 2.24) is 4.98 Å². The molecule has 0 spiro atoms. The summed E-state index contributed by atoms with van der Waals surface area (Å²) in [5.41, 5.74) is 2.04. The number of aromatic nitrogens is 1. The van der Waals surface area contributed by atoms with Crippen LogP contribution in [-0.2, 0) is 0 Å². The minimum Gasteiger partial charge on any atom is -0.493 e. The van der Waals surface area contributed by atoms with Crippen LogP contribution >= 0.6 is 0 Å². The first kappa shape index (κ1) is 16.7. The van der Waals surface area contributed by atoms with Gasteiger partial charge in [0.15, 0.2) is 11.5 Å². The maximum Gasteiger partial charge on any atom is 0.260 e. The van der Waals surface area contributed by atoms with Gasteiger partial charge in [0.2, 0.25) is 5.75 Å². The molecular weight excluding hydrogens is 320 g/mol. The molecular formula is C19H20N2O4. The molecule has 6 nitrogen and oxygen atoms in total. The summed E-state index contributed by atoms with van der Waals surface area (Å²) in [4.78, 5) is 17.7. The third-order valence-corrected chi connectivity index (χ3v) is 4.15.